The minimum Gasteiger partial charge on any atom is -0.465 e. The van der Waals surface area contributed by atoms with Crippen LogP contribution < -0.4 is 0 Å². The van der Waals surface area contributed by atoms with E-state index >= 15 is 0 Å². The van der Waals surface area contributed by atoms with Crippen molar-refractivity contribution in [1.29, 1.82) is 0 Å². The molecule has 5 nitrogen and oxygen atoms in total. The number of carbonyl (C=O) groups is 3. The summed E-state index contributed by atoms with van der Waals surface area (Å²) in [7, 11) is 0. The first-order valence-corrected chi connectivity index (χ1v) is 9.23. The summed E-state index contributed by atoms with van der Waals surface area (Å²) in [5.41, 5.74) is -3.43. The van der Waals surface area contributed by atoms with Gasteiger partial charge < -0.3 is 14.6 Å². The van der Waals surface area contributed by atoms with E-state index in [0.717, 1.165) is 25.7 Å². The summed E-state index contributed by atoms with van der Waals surface area (Å²) in [4.78, 5) is 37.4. The smallest absolute Gasteiger partial charge is 0.312 e. The Morgan fingerprint density at radius 3 is 2.79 bits per heavy atom. The van der Waals surface area contributed by atoms with Gasteiger partial charge in [0.15, 0.2) is 6.29 Å². The highest BCUT2D eigenvalue weighted by Crippen LogP contribution is 2.78. The molecule has 0 radical (unpaired) electrons. The van der Waals surface area contributed by atoms with Gasteiger partial charge >= 0.3 is 5.97 Å². The van der Waals surface area contributed by atoms with Crippen LogP contribution in [-0.2, 0) is 19.1 Å². The monoisotopic (exact) mass is 332 g/mol. The second-order valence-corrected chi connectivity index (χ2v) is 9.29. The van der Waals surface area contributed by atoms with Crippen LogP contribution in [0.1, 0.15) is 51.9 Å². The summed E-state index contributed by atoms with van der Waals surface area (Å²) in [6.07, 6.45) is 5.73. The van der Waals surface area contributed by atoms with Crippen LogP contribution >= 0.6 is 0 Å². The molecule has 24 heavy (non-hydrogen) atoms. The Morgan fingerprint density at radius 1 is 1.25 bits per heavy atom. The predicted octanol–water partition coefficient (Wildman–Crippen LogP) is 1.66. The molecule has 5 heteroatoms. The molecular weight excluding hydrogens is 308 g/mol. The third-order valence-corrected chi connectivity index (χ3v) is 8.63. The van der Waals surface area contributed by atoms with Crippen LogP contribution in [-0.4, -0.2) is 35.4 Å². The third-order valence-electron chi connectivity index (χ3n) is 8.63. The lowest BCUT2D eigenvalue weighted by Gasteiger charge is -2.56. The summed E-state index contributed by atoms with van der Waals surface area (Å²) in [6.45, 7) is 2.16. The summed E-state index contributed by atoms with van der Waals surface area (Å²) >= 11 is 0. The second-order valence-electron chi connectivity index (χ2n) is 9.29. The molecular formula is C19H24O5. The SMILES string of the molecule is C[C@]12CCC[C@@]3(COC1=O)[C@@H]1CC[C@@H]4C[C@]1(CC4=O)[C@](O)(C=O)[C@@H]32. The lowest BCUT2D eigenvalue weighted by atomic mass is 9.51. The largest absolute Gasteiger partial charge is 0.465 e. The highest BCUT2D eigenvalue weighted by molar-refractivity contribution is 5.88. The highest BCUT2D eigenvalue weighted by Gasteiger charge is 2.83. The van der Waals surface area contributed by atoms with E-state index in [1.165, 1.54) is 0 Å². The molecule has 5 aliphatic rings. The van der Waals surface area contributed by atoms with Gasteiger partial charge in [0.05, 0.1) is 12.0 Å². The number of rotatable bonds is 1. The van der Waals surface area contributed by atoms with E-state index in [9.17, 15) is 19.5 Å². The molecule has 4 aliphatic carbocycles. The van der Waals surface area contributed by atoms with Crippen molar-refractivity contribution in [2.45, 2.75) is 57.5 Å². The summed E-state index contributed by atoms with van der Waals surface area (Å²) < 4.78 is 5.62. The Hall–Kier alpha value is -1.23. The number of fused-ring (bicyclic) bond motifs is 1. The Kier molecular flexibility index (Phi) is 2.58. The Morgan fingerprint density at radius 2 is 2.04 bits per heavy atom. The van der Waals surface area contributed by atoms with Crippen molar-refractivity contribution in [3.63, 3.8) is 0 Å². The lowest BCUT2D eigenvalue weighted by molar-refractivity contribution is -0.212. The molecule has 5 fully saturated rings. The van der Waals surface area contributed by atoms with Crippen molar-refractivity contribution in [2.75, 3.05) is 6.61 Å². The van der Waals surface area contributed by atoms with Gasteiger partial charge in [-0.1, -0.05) is 6.42 Å². The number of aliphatic hydroxyl groups is 1. The van der Waals surface area contributed by atoms with E-state index in [1.807, 2.05) is 6.92 Å². The molecule has 0 amide bonds. The average Bonchev–Trinajstić information content (AvgIpc) is 2.93. The topological polar surface area (TPSA) is 80.7 Å². The van der Waals surface area contributed by atoms with E-state index < -0.39 is 22.3 Å². The number of ether oxygens (including phenoxy) is 1. The fourth-order valence-corrected chi connectivity index (χ4v) is 8.00. The Labute approximate surface area is 141 Å². The van der Waals surface area contributed by atoms with E-state index in [0.29, 0.717) is 32.2 Å². The molecule has 1 spiro atoms. The number of carbonyl (C=O) groups excluding carboxylic acids is 3. The minimum absolute atomic E-state index is 0.0199. The van der Waals surface area contributed by atoms with Crippen LogP contribution in [0.15, 0.2) is 0 Å². The van der Waals surface area contributed by atoms with Gasteiger partial charge in [-0.05, 0) is 44.9 Å². The fourth-order valence-electron chi connectivity index (χ4n) is 8.00. The maximum absolute atomic E-state index is 12.6. The predicted molar refractivity (Wildman–Crippen MR) is 82.7 cm³/mol. The molecule has 0 aromatic carbocycles. The number of hydrogen-bond donors (Lipinski definition) is 1. The first-order valence-electron chi connectivity index (χ1n) is 9.23. The van der Waals surface area contributed by atoms with Crippen molar-refractivity contribution < 1.29 is 24.2 Å². The Bertz CT molecular complexity index is 673. The molecule has 4 bridgehead atoms. The van der Waals surface area contributed by atoms with Gasteiger partial charge in [0.1, 0.15) is 11.4 Å². The van der Waals surface area contributed by atoms with E-state index in [1.54, 1.807) is 0 Å². The molecule has 0 unspecified atom stereocenters. The van der Waals surface area contributed by atoms with Crippen LogP contribution in [0.4, 0.5) is 0 Å². The van der Waals surface area contributed by atoms with Crippen LogP contribution in [0.2, 0.25) is 0 Å². The molecule has 130 valence electrons. The molecule has 5 rings (SSSR count). The Balaban J connectivity index is 1.79. The van der Waals surface area contributed by atoms with Crippen molar-refractivity contribution >= 4 is 18.0 Å². The zero-order chi connectivity index (χ0) is 17.0. The molecule has 0 aromatic rings. The first kappa shape index (κ1) is 15.1. The minimum atomic E-state index is -1.59. The van der Waals surface area contributed by atoms with E-state index in [2.05, 4.69) is 0 Å². The molecule has 1 aliphatic heterocycles. The van der Waals surface area contributed by atoms with Gasteiger partial charge in [-0.3, -0.25) is 9.59 Å². The quantitative estimate of drug-likeness (QED) is 0.583. The van der Waals surface area contributed by atoms with Gasteiger partial charge in [0, 0.05) is 29.1 Å². The van der Waals surface area contributed by atoms with E-state index in [-0.39, 0.29) is 29.0 Å². The van der Waals surface area contributed by atoms with Gasteiger partial charge in [-0.2, -0.15) is 0 Å². The number of Topliss-reactive ketones (excluding diaryl/α,β-unsaturated/α-hetero) is 1. The van der Waals surface area contributed by atoms with Crippen molar-refractivity contribution in [3.05, 3.63) is 0 Å². The van der Waals surface area contributed by atoms with Crippen molar-refractivity contribution in [2.24, 2.45) is 34.0 Å². The number of aldehydes is 1. The van der Waals surface area contributed by atoms with Crippen LogP contribution in [0.5, 0.6) is 0 Å². The highest BCUT2D eigenvalue weighted by atomic mass is 16.5. The fraction of sp³-hybridized carbons (Fsp3) is 0.842. The molecule has 7 atom stereocenters. The number of ketones is 1. The number of hydrogen-bond acceptors (Lipinski definition) is 5. The molecule has 1 saturated heterocycles. The molecule has 4 saturated carbocycles. The summed E-state index contributed by atoms with van der Waals surface area (Å²) in [5, 5.41) is 11.7. The summed E-state index contributed by atoms with van der Waals surface area (Å²) in [6, 6.07) is 0. The molecule has 1 N–H and O–H groups in total. The first-order chi connectivity index (χ1) is 11.3. The standard InChI is InChI=1S/C19H24O5/c1-16-5-2-6-17(10-24-15(16)22)13-4-3-11-7-18(13,8-12(11)21)19(23,9-20)14(16)17/h9,11,13-14,23H,2-8,10H2,1H3/t11-,13+,14-,16-,17-,18-,19+/m1/s1. The number of esters is 1. The van der Waals surface area contributed by atoms with Gasteiger partial charge in [0.2, 0.25) is 0 Å². The second kappa shape index (κ2) is 4.12. The van der Waals surface area contributed by atoms with Gasteiger partial charge in [-0.25, -0.2) is 0 Å². The molecule has 1 heterocycles. The third kappa shape index (κ3) is 1.28. The van der Waals surface area contributed by atoms with Crippen LogP contribution in [0, 0.1) is 34.0 Å². The van der Waals surface area contributed by atoms with Crippen LogP contribution in [0.25, 0.3) is 0 Å². The van der Waals surface area contributed by atoms with Gasteiger partial charge in [-0.15, -0.1) is 0 Å². The van der Waals surface area contributed by atoms with E-state index in [4.69, 9.17) is 4.74 Å². The number of cyclic esters (lactones) is 1. The molecule has 0 aromatic heterocycles. The lowest BCUT2D eigenvalue weighted by Crippen LogP contribution is -2.63. The average molecular weight is 332 g/mol. The normalized spacial score (nSPS) is 58.0. The summed E-state index contributed by atoms with van der Waals surface area (Å²) in [5.74, 6) is -0.424. The zero-order valence-electron chi connectivity index (χ0n) is 14.0. The van der Waals surface area contributed by atoms with Crippen molar-refractivity contribution in [3.8, 4) is 0 Å². The maximum Gasteiger partial charge on any atom is 0.312 e. The zero-order valence-corrected chi connectivity index (χ0v) is 14.0. The van der Waals surface area contributed by atoms with Gasteiger partial charge in [0.25, 0.3) is 0 Å². The maximum atomic E-state index is 12.6. The van der Waals surface area contributed by atoms with Crippen molar-refractivity contribution in [1.82, 2.24) is 0 Å². The van der Waals surface area contributed by atoms with Crippen LogP contribution in [0.3, 0.4) is 0 Å².